The first-order chi connectivity index (χ1) is 16.2. The van der Waals surface area contributed by atoms with E-state index in [1.165, 1.54) is 0 Å². The van der Waals surface area contributed by atoms with Gasteiger partial charge in [-0.1, -0.05) is 30.3 Å². The number of para-hydroxylation sites is 1. The van der Waals surface area contributed by atoms with Crippen LogP contribution >= 0.6 is 0 Å². The van der Waals surface area contributed by atoms with E-state index < -0.39 is 6.10 Å². The van der Waals surface area contributed by atoms with Crippen LogP contribution in [0.25, 0.3) is 0 Å². The molecule has 4 atom stereocenters. The number of hydrogen-bond acceptors (Lipinski definition) is 7. The van der Waals surface area contributed by atoms with Crippen molar-refractivity contribution in [2.75, 3.05) is 13.7 Å². The van der Waals surface area contributed by atoms with Crippen molar-refractivity contribution in [2.45, 2.75) is 38.1 Å². The summed E-state index contributed by atoms with van der Waals surface area (Å²) in [6, 6.07) is 19.5. The van der Waals surface area contributed by atoms with E-state index >= 15 is 0 Å². The molecule has 1 aliphatic rings. The zero-order chi connectivity index (χ0) is 23.0. The van der Waals surface area contributed by atoms with E-state index in [0.717, 1.165) is 22.8 Å². The standard InChI is InChI=1S/C26H31N3O4/c1-32-20-9-7-18(8-10-20)15-28-24-14-25(31)23(16-30)22(24)13-19-11-12-27-26(29-19)17-33-21-5-3-2-4-6-21/h2-12,22-25,28,30-31H,13-17H2,1H3/t22-,23-,24-,25-/m1/s1. The summed E-state index contributed by atoms with van der Waals surface area (Å²) in [6.07, 6.45) is 2.44. The maximum Gasteiger partial charge on any atom is 0.166 e. The number of methoxy groups -OCH3 is 1. The quantitative estimate of drug-likeness (QED) is 0.438. The molecule has 1 aromatic heterocycles. The lowest BCUT2D eigenvalue weighted by Crippen LogP contribution is -2.36. The Labute approximate surface area is 194 Å². The molecule has 0 saturated heterocycles. The van der Waals surface area contributed by atoms with Crippen LogP contribution in [0.4, 0.5) is 0 Å². The Kier molecular flexibility index (Phi) is 7.88. The van der Waals surface area contributed by atoms with Crippen molar-refractivity contribution in [1.29, 1.82) is 0 Å². The van der Waals surface area contributed by atoms with Crippen molar-refractivity contribution in [3.63, 3.8) is 0 Å². The maximum absolute atomic E-state index is 10.6. The Hall–Kier alpha value is -3.00. The van der Waals surface area contributed by atoms with Crippen LogP contribution < -0.4 is 14.8 Å². The molecule has 0 spiro atoms. The lowest BCUT2D eigenvalue weighted by molar-refractivity contribution is 0.0715. The van der Waals surface area contributed by atoms with Crippen molar-refractivity contribution in [3.8, 4) is 11.5 Å². The van der Waals surface area contributed by atoms with Crippen LogP contribution in [0.3, 0.4) is 0 Å². The third-order valence-electron chi connectivity index (χ3n) is 6.31. The molecule has 7 nitrogen and oxygen atoms in total. The van der Waals surface area contributed by atoms with Gasteiger partial charge in [0.05, 0.1) is 13.2 Å². The van der Waals surface area contributed by atoms with Crippen molar-refractivity contribution in [1.82, 2.24) is 15.3 Å². The number of aliphatic hydroxyl groups excluding tert-OH is 2. The molecule has 0 radical (unpaired) electrons. The van der Waals surface area contributed by atoms with Crippen LogP contribution in [0.5, 0.6) is 11.5 Å². The highest BCUT2D eigenvalue weighted by Gasteiger charge is 2.42. The van der Waals surface area contributed by atoms with E-state index in [1.807, 2.05) is 60.7 Å². The van der Waals surface area contributed by atoms with Gasteiger partial charge in [0.15, 0.2) is 5.82 Å². The van der Waals surface area contributed by atoms with Crippen molar-refractivity contribution in [2.24, 2.45) is 11.8 Å². The molecule has 1 saturated carbocycles. The van der Waals surface area contributed by atoms with Crippen molar-refractivity contribution >= 4 is 0 Å². The first-order valence-corrected chi connectivity index (χ1v) is 11.3. The molecule has 3 N–H and O–H groups in total. The fraction of sp³-hybridized carbons (Fsp3) is 0.385. The van der Waals surface area contributed by atoms with Crippen LogP contribution in [-0.2, 0) is 19.6 Å². The second kappa shape index (κ2) is 11.2. The highest BCUT2D eigenvalue weighted by molar-refractivity contribution is 5.27. The van der Waals surface area contributed by atoms with Gasteiger partial charge in [-0.05, 0) is 54.7 Å². The Morgan fingerprint density at radius 1 is 1.00 bits per heavy atom. The Morgan fingerprint density at radius 2 is 1.79 bits per heavy atom. The lowest BCUT2D eigenvalue weighted by atomic mass is 9.88. The minimum absolute atomic E-state index is 0.0540. The number of benzene rings is 2. The summed E-state index contributed by atoms with van der Waals surface area (Å²) in [5, 5.41) is 24.1. The van der Waals surface area contributed by atoms with Gasteiger partial charge in [0.2, 0.25) is 0 Å². The average Bonchev–Trinajstić information content (AvgIpc) is 3.16. The molecule has 0 unspecified atom stereocenters. The van der Waals surface area contributed by atoms with Gasteiger partial charge in [0.25, 0.3) is 0 Å². The van der Waals surface area contributed by atoms with Crippen molar-refractivity contribution < 1.29 is 19.7 Å². The molecule has 33 heavy (non-hydrogen) atoms. The van der Waals surface area contributed by atoms with Crippen molar-refractivity contribution in [3.05, 3.63) is 83.9 Å². The molecule has 0 bridgehead atoms. The van der Waals surface area contributed by atoms with E-state index in [1.54, 1.807) is 13.3 Å². The number of rotatable bonds is 10. The van der Waals surface area contributed by atoms with Gasteiger partial charge in [0, 0.05) is 37.0 Å². The SMILES string of the molecule is COc1ccc(CN[C@@H]2C[C@@H](O)[C@H](CO)[C@H]2Cc2ccnc(COc3ccccc3)n2)cc1. The molecule has 7 heteroatoms. The Bertz CT molecular complexity index is 1000. The largest absolute Gasteiger partial charge is 0.497 e. The van der Waals surface area contributed by atoms with Crippen LogP contribution in [0.15, 0.2) is 66.9 Å². The zero-order valence-corrected chi connectivity index (χ0v) is 18.8. The van der Waals surface area contributed by atoms with E-state index in [-0.39, 0.29) is 31.1 Å². The highest BCUT2D eigenvalue weighted by atomic mass is 16.5. The summed E-state index contributed by atoms with van der Waals surface area (Å²) in [5.74, 6) is 2.06. The minimum Gasteiger partial charge on any atom is -0.497 e. The topological polar surface area (TPSA) is 96.7 Å². The second-order valence-corrected chi connectivity index (χ2v) is 8.42. The van der Waals surface area contributed by atoms with Gasteiger partial charge in [-0.15, -0.1) is 0 Å². The number of ether oxygens (including phenoxy) is 2. The molecule has 1 fully saturated rings. The second-order valence-electron chi connectivity index (χ2n) is 8.42. The predicted molar refractivity (Wildman–Crippen MR) is 125 cm³/mol. The number of aromatic nitrogens is 2. The Morgan fingerprint density at radius 3 is 2.52 bits per heavy atom. The highest BCUT2D eigenvalue weighted by Crippen LogP contribution is 2.35. The molecule has 1 aliphatic carbocycles. The van der Waals surface area contributed by atoms with E-state index in [0.29, 0.717) is 25.2 Å². The van der Waals surface area contributed by atoms with Crippen LogP contribution in [0.2, 0.25) is 0 Å². The average molecular weight is 450 g/mol. The molecule has 4 rings (SSSR count). The lowest BCUT2D eigenvalue weighted by Gasteiger charge is -2.25. The maximum atomic E-state index is 10.6. The fourth-order valence-corrected chi connectivity index (χ4v) is 4.50. The summed E-state index contributed by atoms with van der Waals surface area (Å²) in [7, 11) is 1.65. The van der Waals surface area contributed by atoms with Gasteiger partial charge in [0.1, 0.15) is 18.1 Å². The van der Waals surface area contributed by atoms with E-state index in [9.17, 15) is 10.2 Å². The van der Waals surface area contributed by atoms with Crippen LogP contribution in [0, 0.1) is 11.8 Å². The molecule has 2 aromatic carbocycles. The molecular weight excluding hydrogens is 418 g/mol. The molecule has 3 aromatic rings. The van der Waals surface area contributed by atoms with E-state index in [4.69, 9.17) is 9.47 Å². The fourth-order valence-electron chi connectivity index (χ4n) is 4.50. The molecular formula is C26H31N3O4. The summed E-state index contributed by atoms with van der Waals surface area (Å²) in [5.41, 5.74) is 2.02. The first kappa shape index (κ1) is 23.2. The van der Waals surface area contributed by atoms with Crippen LogP contribution in [0.1, 0.15) is 23.5 Å². The zero-order valence-electron chi connectivity index (χ0n) is 18.8. The molecule has 174 valence electrons. The first-order valence-electron chi connectivity index (χ1n) is 11.3. The molecule has 0 amide bonds. The van der Waals surface area contributed by atoms with Gasteiger partial charge in [-0.25, -0.2) is 9.97 Å². The van der Waals surface area contributed by atoms with Crippen LogP contribution in [-0.4, -0.2) is 46.0 Å². The Balaban J connectivity index is 1.41. The van der Waals surface area contributed by atoms with Gasteiger partial charge >= 0.3 is 0 Å². The summed E-state index contributed by atoms with van der Waals surface area (Å²) in [6.45, 7) is 0.908. The number of aliphatic hydroxyl groups is 2. The number of nitrogens with one attached hydrogen (secondary N) is 1. The third kappa shape index (κ3) is 6.07. The number of hydrogen-bond donors (Lipinski definition) is 3. The number of nitrogens with zero attached hydrogens (tertiary/aromatic N) is 2. The third-order valence-corrected chi connectivity index (χ3v) is 6.31. The molecule has 0 aliphatic heterocycles. The summed E-state index contributed by atoms with van der Waals surface area (Å²) < 4.78 is 11.0. The summed E-state index contributed by atoms with van der Waals surface area (Å²) >= 11 is 0. The smallest absolute Gasteiger partial charge is 0.166 e. The van der Waals surface area contributed by atoms with E-state index in [2.05, 4.69) is 15.3 Å². The van der Waals surface area contributed by atoms with Gasteiger partial charge < -0.3 is 25.0 Å². The van der Waals surface area contributed by atoms with Gasteiger partial charge in [-0.3, -0.25) is 0 Å². The molecule has 1 heterocycles. The minimum atomic E-state index is -0.545. The summed E-state index contributed by atoms with van der Waals surface area (Å²) in [4.78, 5) is 9.01. The monoisotopic (exact) mass is 449 g/mol. The van der Waals surface area contributed by atoms with Gasteiger partial charge in [-0.2, -0.15) is 0 Å². The normalized spacial score (nSPS) is 22.3. The predicted octanol–water partition coefficient (Wildman–Crippen LogP) is 2.75.